The van der Waals surface area contributed by atoms with E-state index in [1.165, 1.54) is 5.69 Å². The minimum Gasteiger partial charge on any atom is -0.328 e. The largest absolute Gasteiger partial charge is 0.328 e. The van der Waals surface area contributed by atoms with Gasteiger partial charge in [-0.2, -0.15) is 5.10 Å². The van der Waals surface area contributed by atoms with Crippen LogP contribution in [0.3, 0.4) is 0 Å². The Morgan fingerprint density at radius 3 is 2.69 bits per heavy atom. The number of hydrogen-bond donors (Lipinski definition) is 1. The Morgan fingerprint density at radius 2 is 2.15 bits per heavy atom. The zero-order valence-corrected chi connectivity index (χ0v) is 8.70. The van der Waals surface area contributed by atoms with Crippen LogP contribution in [0.4, 0.5) is 0 Å². The minimum absolute atomic E-state index is 0.274. The van der Waals surface area contributed by atoms with Gasteiger partial charge in [-0.15, -0.1) is 0 Å². The van der Waals surface area contributed by atoms with Crippen LogP contribution in [0.15, 0.2) is 12.3 Å². The molecule has 0 aliphatic rings. The van der Waals surface area contributed by atoms with E-state index in [-0.39, 0.29) is 6.04 Å². The predicted octanol–water partition coefficient (Wildman–Crippen LogP) is 1.74. The molecule has 0 radical (unpaired) electrons. The SMILES string of the molecule is CC(C)n1nccc1CC[C@H](C)N. The highest BCUT2D eigenvalue weighted by atomic mass is 15.3. The molecule has 0 amide bonds. The van der Waals surface area contributed by atoms with Crippen molar-refractivity contribution in [3.05, 3.63) is 18.0 Å². The van der Waals surface area contributed by atoms with Crippen molar-refractivity contribution in [1.82, 2.24) is 9.78 Å². The van der Waals surface area contributed by atoms with Crippen LogP contribution in [-0.2, 0) is 6.42 Å². The average Bonchev–Trinajstić information content (AvgIpc) is 2.47. The van der Waals surface area contributed by atoms with Crippen molar-refractivity contribution in [2.75, 3.05) is 0 Å². The second-order valence-electron chi connectivity index (χ2n) is 3.88. The van der Waals surface area contributed by atoms with Crippen molar-refractivity contribution in [1.29, 1.82) is 0 Å². The van der Waals surface area contributed by atoms with Crippen molar-refractivity contribution in [2.24, 2.45) is 5.73 Å². The van der Waals surface area contributed by atoms with Crippen LogP contribution in [0.2, 0.25) is 0 Å². The fourth-order valence-electron chi connectivity index (χ4n) is 1.38. The molecule has 3 nitrogen and oxygen atoms in total. The normalized spacial score (nSPS) is 13.6. The van der Waals surface area contributed by atoms with Crippen LogP contribution in [0.25, 0.3) is 0 Å². The maximum atomic E-state index is 5.71. The minimum atomic E-state index is 0.274. The van der Waals surface area contributed by atoms with Gasteiger partial charge < -0.3 is 5.73 Å². The summed E-state index contributed by atoms with van der Waals surface area (Å²) in [6.07, 6.45) is 3.91. The molecule has 74 valence electrons. The first-order valence-electron chi connectivity index (χ1n) is 4.89. The van der Waals surface area contributed by atoms with Gasteiger partial charge in [0.15, 0.2) is 0 Å². The van der Waals surface area contributed by atoms with Gasteiger partial charge in [0.25, 0.3) is 0 Å². The van der Waals surface area contributed by atoms with Gasteiger partial charge in [0.1, 0.15) is 0 Å². The van der Waals surface area contributed by atoms with Gasteiger partial charge >= 0.3 is 0 Å². The summed E-state index contributed by atoms with van der Waals surface area (Å²) in [5.41, 5.74) is 6.99. The van der Waals surface area contributed by atoms with E-state index in [0.717, 1.165) is 12.8 Å². The van der Waals surface area contributed by atoms with Gasteiger partial charge in [0.05, 0.1) is 0 Å². The van der Waals surface area contributed by atoms with E-state index in [1.807, 2.05) is 13.1 Å². The van der Waals surface area contributed by atoms with E-state index in [0.29, 0.717) is 6.04 Å². The van der Waals surface area contributed by atoms with Gasteiger partial charge in [0.2, 0.25) is 0 Å². The molecule has 0 aromatic carbocycles. The summed E-state index contributed by atoms with van der Waals surface area (Å²) in [7, 11) is 0. The predicted molar refractivity (Wildman–Crippen MR) is 54.6 cm³/mol. The molecule has 0 unspecified atom stereocenters. The lowest BCUT2D eigenvalue weighted by Crippen LogP contribution is -2.17. The Morgan fingerprint density at radius 1 is 1.46 bits per heavy atom. The molecular weight excluding hydrogens is 162 g/mol. The average molecular weight is 181 g/mol. The fourth-order valence-corrected chi connectivity index (χ4v) is 1.38. The van der Waals surface area contributed by atoms with Gasteiger partial charge in [-0.25, -0.2) is 0 Å². The maximum Gasteiger partial charge on any atom is 0.0492 e. The Bertz CT molecular complexity index is 250. The van der Waals surface area contributed by atoms with E-state index in [9.17, 15) is 0 Å². The fraction of sp³-hybridized carbons (Fsp3) is 0.700. The Hall–Kier alpha value is -0.830. The van der Waals surface area contributed by atoms with Crippen molar-refractivity contribution in [3.8, 4) is 0 Å². The van der Waals surface area contributed by atoms with E-state index >= 15 is 0 Å². The van der Waals surface area contributed by atoms with Gasteiger partial charge in [0, 0.05) is 24.0 Å². The highest BCUT2D eigenvalue weighted by molar-refractivity contribution is 5.01. The van der Waals surface area contributed by atoms with Crippen LogP contribution < -0.4 is 5.73 Å². The molecule has 0 saturated heterocycles. The molecule has 1 aromatic heterocycles. The summed E-state index contributed by atoms with van der Waals surface area (Å²) in [4.78, 5) is 0. The Kier molecular flexibility index (Phi) is 3.48. The third-order valence-corrected chi connectivity index (χ3v) is 2.10. The molecule has 0 bridgehead atoms. The highest BCUT2D eigenvalue weighted by Crippen LogP contribution is 2.10. The summed E-state index contributed by atoms with van der Waals surface area (Å²) < 4.78 is 2.06. The van der Waals surface area contributed by atoms with Crippen LogP contribution >= 0.6 is 0 Å². The molecule has 1 rings (SSSR count). The number of nitrogens with two attached hydrogens (primary N) is 1. The number of aromatic nitrogens is 2. The van der Waals surface area contributed by atoms with Crippen molar-refractivity contribution >= 4 is 0 Å². The highest BCUT2D eigenvalue weighted by Gasteiger charge is 2.05. The molecule has 0 spiro atoms. The molecule has 2 N–H and O–H groups in total. The summed E-state index contributed by atoms with van der Waals surface area (Å²) in [6.45, 7) is 6.32. The van der Waals surface area contributed by atoms with Gasteiger partial charge in [-0.1, -0.05) is 0 Å². The summed E-state index contributed by atoms with van der Waals surface area (Å²) >= 11 is 0. The van der Waals surface area contributed by atoms with Crippen LogP contribution in [0, 0.1) is 0 Å². The third kappa shape index (κ3) is 2.84. The molecule has 0 aliphatic heterocycles. The molecule has 0 aliphatic carbocycles. The zero-order chi connectivity index (χ0) is 9.84. The number of rotatable bonds is 4. The summed E-state index contributed by atoms with van der Waals surface area (Å²) in [6, 6.07) is 2.79. The molecular formula is C10H19N3. The van der Waals surface area contributed by atoms with Crippen molar-refractivity contribution in [2.45, 2.75) is 45.7 Å². The lowest BCUT2D eigenvalue weighted by molar-refractivity contribution is 0.499. The first-order chi connectivity index (χ1) is 6.11. The number of nitrogens with zero attached hydrogens (tertiary/aromatic N) is 2. The second-order valence-corrected chi connectivity index (χ2v) is 3.88. The van der Waals surface area contributed by atoms with Crippen LogP contribution in [-0.4, -0.2) is 15.8 Å². The monoisotopic (exact) mass is 181 g/mol. The third-order valence-electron chi connectivity index (χ3n) is 2.10. The maximum absolute atomic E-state index is 5.71. The molecule has 0 fully saturated rings. The molecule has 1 aromatic rings. The van der Waals surface area contributed by atoms with E-state index in [4.69, 9.17) is 5.73 Å². The van der Waals surface area contributed by atoms with Crippen molar-refractivity contribution in [3.63, 3.8) is 0 Å². The molecule has 1 atom stereocenters. The van der Waals surface area contributed by atoms with E-state index < -0.39 is 0 Å². The smallest absolute Gasteiger partial charge is 0.0492 e. The molecule has 3 heteroatoms. The quantitative estimate of drug-likeness (QED) is 0.769. The Balaban J connectivity index is 2.60. The first kappa shape index (κ1) is 10.3. The first-order valence-corrected chi connectivity index (χ1v) is 4.89. The van der Waals surface area contributed by atoms with E-state index in [1.54, 1.807) is 0 Å². The standard InChI is InChI=1S/C10H19N3/c1-8(2)13-10(6-7-12-13)5-4-9(3)11/h6-9H,4-5,11H2,1-3H3/t9-/m0/s1. The van der Waals surface area contributed by atoms with Crippen LogP contribution in [0.1, 0.15) is 38.9 Å². The van der Waals surface area contributed by atoms with Gasteiger partial charge in [-0.3, -0.25) is 4.68 Å². The van der Waals surface area contributed by atoms with Crippen LogP contribution in [0.5, 0.6) is 0 Å². The topological polar surface area (TPSA) is 43.8 Å². The second kappa shape index (κ2) is 4.42. The number of hydrogen-bond acceptors (Lipinski definition) is 2. The molecule has 1 heterocycles. The lowest BCUT2D eigenvalue weighted by Gasteiger charge is -2.11. The zero-order valence-electron chi connectivity index (χ0n) is 8.70. The lowest BCUT2D eigenvalue weighted by atomic mass is 10.1. The molecule has 13 heavy (non-hydrogen) atoms. The summed E-state index contributed by atoms with van der Waals surface area (Å²) in [5.74, 6) is 0. The Labute approximate surface area is 79.9 Å². The summed E-state index contributed by atoms with van der Waals surface area (Å²) in [5, 5.41) is 4.27. The number of aryl methyl sites for hydroxylation is 1. The van der Waals surface area contributed by atoms with Gasteiger partial charge in [-0.05, 0) is 39.7 Å². The van der Waals surface area contributed by atoms with Crippen molar-refractivity contribution < 1.29 is 0 Å². The molecule has 0 saturated carbocycles. The van der Waals surface area contributed by atoms with E-state index in [2.05, 4.69) is 29.7 Å².